The Hall–Kier alpha value is -1.83. The van der Waals surface area contributed by atoms with E-state index in [-0.39, 0.29) is 0 Å². The van der Waals surface area contributed by atoms with Crippen LogP contribution in [-0.4, -0.2) is 33.0 Å². The molecule has 0 saturated heterocycles. The van der Waals surface area contributed by atoms with Crippen LogP contribution in [0.1, 0.15) is 6.92 Å². The van der Waals surface area contributed by atoms with Crippen molar-refractivity contribution in [3.05, 3.63) is 53.6 Å². The fourth-order valence-corrected chi connectivity index (χ4v) is 4.13. The molecule has 0 unspecified atom stereocenters. The van der Waals surface area contributed by atoms with Crippen molar-refractivity contribution in [1.29, 1.82) is 0 Å². The Balaban J connectivity index is 1.55. The zero-order valence-electron chi connectivity index (χ0n) is 14.3. The number of nitrogens with two attached hydrogens (primary N) is 1. The smallest absolute Gasteiger partial charge is 0.210 e. The van der Waals surface area contributed by atoms with Gasteiger partial charge in [-0.25, -0.2) is 4.68 Å². The van der Waals surface area contributed by atoms with E-state index in [1.54, 1.807) is 23.5 Å². The molecule has 0 radical (unpaired) electrons. The summed E-state index contributed by atoms with van der Waals surface area (Å²) in [6.07, 6.45) is 0. The van der Waals surface area contributed by atoms with Crippen LogP contribution in [-0.2, 0) is 0 Å². The van der Waals surface area contributed by atoms with Crippen LogP contribution in [0.15, 0.2) is 58.6 Å². The minimum absolute atomic E-state index is 0.640. The molecule has 2 N–H and O–H groups in total. The van der Waals surface area contributed by atoms with Crippen LogP contribution >= 0.6 is 35.1 Å². The summed E-state index contributed by atoms with van der Waals surface area (Å²) < 4.78 is 6.99. The highest BCUT2D eigenvalue weighted by Crippen LogP contribution is 2.26. The van der Waals surface area contributed by atoms with Crippen LogP contribution in [0.4, 0.5) is 0 Å². The van der Waals surface area contributed by atoms with Gasteiger partial charge >= 0.3 is 0 Å². The van der Waals surface area contributed by atoms with E-state index in [2.05, 4.69) is 10.2 Å². The average Bonchev–Trinajstić information content (AvgIpc) is 3.02. The summed E-state index contributed by atoms with van der Waals surface area (Å²) >= 11 is 9.26. The first-order chi connectivity index (χ1) is 12.7. The molecule has 1 aromatic heterocycles. The van der Waals surface area contributed by atoms with Gasteiger partial charge in [-0.15, -0.1) is 22.0 Å². The van der Waals surface area contributed by atoms with Crippen molar-refractivity contribution in [2.24, 2.45) is 0 Å². The van der Waals surface area contributed by atoms with Crippen molar-refractivity contribution in [1.82, 2.24) is 14.9 Å². The average molecular weight is 407 g/mol. The lowest BCUT2D eigenvalue weighted by molar-refractivity contribution is 0.340. The van der Waals surface area contributed by atoms with E-state index in [1.165, 1.54) is 9.57 Å². The van der Waals surface area contributed by atoms with E-state index in [0.29, 0.717) is 17.6 Å². The predicted molar refractivity (Wildman–Crippen MR) is 110 cm³/mol. The summed E-state index contributed by atoms with van der Waals surface area (Å²) in [4.78, 5) is 1.19. The van der Waals surface area contributed by atoms with Gasteiger partial charge in [-0.05, 0) is 55.5 Å². The first kappa shape index (κ1) is 18.9. The van der Waals surface area contributed by atoms with Gasteiger partial charge in [0.1, 0.15) is 5.75 Å². The molecular weight excluding hydrogens is 388 g/mol. The summed E-state index contributed by atoms with van der Waals surface area (Å²) in [7, 11) is 0. The molecule has 8 heteroatoms. The molecule has 0 amide bonds. The predicted octanol–water partition coefficient (Wildman–Crippen LogP) is 4.60. The molecule has 0 bridgehead atoms. The summed E-state index contributed by atoms with van der Waals surface area (Å²) in [6.45, 7) is 2.60. The lowest BCUT2D eigenvalue weighted by Gasteiger charge is -2.06. The Bertz CT molecular complexity index is 837. The van der Waals surface area contributed by atoms with Crippen LogP contribution in [0.25, 0.3) is 11.4 Å². The number of nitrogen functional groups attached to an aromatic ring is 1. The lowest BCUT2D eigenvalue weighted by atomic mass is 10.2. The number of halogens is 1. The molecule has 136 valence electrons. The van der Waals surface area contributed by atoms with Crippen molar-refractivity contribution in [3.8, 4) is 17.1 Å². The van der Waals surface area contributed by atoms with Gasteiger partial charge in [-0.3, -0.25) is 0 Å². The SMILES string of the molecule is CCOc1ccc(-c2nnc(SCCSc3ccc(Cl)cc3)n2N)cc1. The fraction of sp³-hybridized carbons (Fsp3) is 0.222. The zero-order chi connectivity index (χ0) is 18.4. The molecule has 1 heterocycles. The Kier molecular flexibility index (Phi) is 6.71. The highest BCUT2D eigenvalue weighted by atomic mass is 35.5. The Morgan fingerprint density at radius 2 is 1.69 bits per heavy atom. The van der Waals surface area contributed by atoms with Crippen molar-refractivity contribution < 1.29 is 4.74 Å². The Morgan fingerprint density at radius 1 is 1.00 bits per heavy atom. The van der Waals surface area contributed by atoms with Crippen LogP contribution in [0.3, 0.4) is 0 Å². The molecule has 2 aromatic carbocycles. The first-order valence-electron chi connectivity index (χ1n) is 8.12. The molecule has 3 rings (SSSR count). The van der Waals surface area contributed by atoms with Gasteiger partial charge < -0.3 is 10.6 Å². The third-order valence-electron chi connectivity index (χ3n) is 3.48. The fourth-order valence-electron chi connectivity index (χ4n) is 2.26. The van der Waals surface area contributed by atoms with Crippen LogP contribution in [0.2, 0.25) is 5.02 Å². The van der Waals surface area contributed by atoms with Gasteiger partial charge in [0.15, 0.2) is 5.82 Å². The van der Waals surface area contributed by atoms with E-state index in [0.717, 1.165) is 27.8 Å². The maximum atomic E-state index is 6.16. The molecule has 0 saturated carbocycles. The summed E-state index contributed by atoms with van der Waals surface area (Å²) in [6, 6.07) is 15.5. The standard InChI is InChI=1S/C18H19ClN4OS2/c1-2-24-15-7-3-13(4-8-15)17-21-22-18(23(17)20)26-12-11-25-16-9-5-14(19)6-10-16/h3-10H,2,11-12,20H2,1H3. The molecule has 0 fully saturated rings. The topological polar surface area (TPSA) is 66.0 Å². The molecule has 0 spiro atoms. The van der Waals surface area contributed by atoms with E-state index in [1.807, 2.05) is 55.5 Å². The van der Waals surface area contributed by atoms with Gasteiger partial charge in [0.05, 0.1) is 6.61 Å². The zero-order valence-corrected chi connectivity index (χ0v) is 16.7. The van der Waals surface area contributed by atoms with Gasteiger partial charge in [0, 0.05) is 27.0 Å². The van der Waals surface area contributed by atoms with Gasteiger partial charge in [-0.2, -0.15) is 0 Å². The third-order valence-corrected chi connectivity index (χ3v) is 5.95. The molecule has 0 aliphatic rings. The summed E-state index contributed by atoms with van der Waals surface area (Å²) in [5.41, 5.74) is 0.908. The normalized spacial score (nSPS) is 10.8. The minimum Gasteiger partial charge on any atom is -0.494 e. The molecule has 0 aliphatic heterocycles. The van der Waals surface area contributed by atoms with Crippen LogP contribution in [0.5, 0.6) is 5.75 Å². The highest BCUT2D eigenvalue weighted by molar-refractivity contribution is 8.02. The Labute approximate surface area is 166 Å². The number of hydrogen-bond acceptors (Lipinski definition) is 6. The van der Waals surface area contributed by atoms with E-state index in [4.69, 9.17) is 22.2 Å². The molecule has 0 aliphatic carbocycles. The second-order valence-corrected chi connectivity index (χ2v) is 7.95. The summed E-state index contributed by atoms with van der Waals surface area (Å²) in [5.74, 6) is 9.45. The number of thioether (sulfide) groups is 2. The third kappa shape index (κ3) is 4.87. The van der Waals surface area contributed by atoms with Crippen molar-refractivity contribution >= 4 is 35.1 Å². The largest absolute Gasteiger partial charge is 0.494 e. The van der Waals surface area contributed by atoms with Crippen molar-refractivity contribution in [2.75, 3.05) is 24.0 Å². The van der Waals surface area contributed by atoms with Crippen molar-refractivity contribution in [3.63, 3.8) is 0 Å². The number of aromatic nitrogens is 3. The summed E-state index contributed by atoms with van der Waals surface area (Å²) in [5, 5.41) is 9.86. The van der Waals surface area contributed by atoms with Gasteiger partial charge in [0.25, 0.3) is 0 Å². The van der Waals surface area contributed by atoms with E-state index < -0.39 is 0 Å². The first-order valence-corrected chi connectivity index (χ1v) is 10.5. The minimum atomic E-state index is 0.640. The van der Waals surface area contributed by atoms with Gasteiger partial charge in [-0.1, -0.05) is 23.4 Å². The second-order valence-electron chi connectivity index (χ2n) is 5.28. The second kappa shape index (κ2) is 9.21. The van der Waals surface area contributed by atoms with Gasteiger partial charge in [0.2, 0.25) is 5.16 Å². The monoisotopic (exact) mass is 406 g/mol. The lowest BCUT2D eigenvalue weighted by Crippen LogP contribution is -2.11. The quantitative estimate of drug-likeness (QED) is 0.335. The van der Waals surface area contributed by atoms with Crippen LogP contribution in [0, 0.1) is 0 Å². The highest BCUT2D eigenvalue weighted by Gasteiger charge is 2.12. The number of hydrogen-bond donors (Lipinski definition) is 1. The van der Waals surface area contributed by atoms with Crippen LogP contribution < -0.4 is 10.6 Å². The van der Waals surface area contributed by atoms with Crippen molar-refractivity contribution in [2.45, 2.75) is 17.0 Å². The Morgan fingerprint density at radius 3 is 2.38 bits per heavy atom. The molecular formula is C18H19ClN4OS2. The molecule has 5 nitrogen and oxygen atoms in total. The maximum Gasteiger partial charge on any atom is 0.210 e. The molecule has 3 aromatic rings. The number of benzene rings is 2. The van der Waals surface area contributed by atoms with E-state index >= 15 is 0 Å². The molecule has 26 heavy (non-hydrogen) atoms. The maximum absolute atomic E-state index is 6.16. The van der Waals surface area contributed by atoms with E-state index in [9.17, 15) is 0 Å². The number of rotatable bonds is 8. The molecule has 0 atom stereocenters. The number of nitrogens with zero attached hydrogens (tertiary/aromatic N) is 3. The number of ether oxygens (including phenoxy) is 1.